The number of aromatic nitrogens is 3. The van der Waals surface area contributed by atoms with Gasteiger partial charge in [0.25, 0.3) is 0 Å². The number of hydrogen-bond acceptors (Lipinski definition) is 7. The summed E-state index contributed by atoms with van der Waals surface area (Å²) < 4.78 is 13.1. The normalized spacial score (nSPS) is 10.0. The molecule has 0 aliphatic carbocycles. The van der Waals surface area contributed by atoms with Crippen LogP contribution in [0.4, 0.5) is 33.6 Å². The van der Waals surface area contributed by atoms with Crippen molar-refractivity contribution in [2.24, 2.45) is 0 Å². The van der Waals surface area contributed by atoms with Crippen molar-refractivity contribution in [2.45, 2.75) is 6.42 Å². The molecule has 27 heavy (non-hydrogen) atoms. The van der Waals surface area contributed by atoms with Gasteiger partial charge in [0.1, 0.15) is 5.82 Å². The maximum atomic E-state index is 13.1. The number of nitrogens with zero attached hydrogens (tertiary/aromatic N) is 3. The summed E-state index contributed by atoms with van der Waals surface area (Å²) in [4.78, 5) is 13.0. The zero-order valence-corrected chi connectivity index (χ0v) is 15.2. The van der Waals surface area contributed by atoms with Crippen LogP contribution < -0.4 is 16.0 Å². The molecule has 3 aromatic rings. The van der Waals surface area contributed by atoms with Gasteiger partial charge in [-0.25, -0.2) is 4.39 Å². The number of benzene rings is 2. The monoisotopic (exact) mass is 390 g/mol. The quantitative estimate of drug-likeness (QED) is 0.435. The van der Waals surface area contributed by atoms with Gasteiger partial charge >= 0.3 is 0 Å². The highest BCUT2D eigenvalue weighted by Gasteiger charge is 2.07. The summed E-state index contributed by atoms with van der Waals surface area (Å²) in [6.07, 6.45) is 0.577. The molecule has 1 heterocycles. The largest absolute Gasteiger partial charge is 0.396 e. The van der Waals surface area contributed by atoms with Gasteiger partial charge in [-0.05, 0) is 42.8 Å². The van der Waals surface area contributed by atoms with E-state index in [1.807, 2.05) is 30.3 Å². The van der Waals surface area contributed by atoms with Gasteiger partial charge in [-0.1, -0.05) is 18.2 Å². The number of anilines is 5. The summed E-state index contributed by atoms with van der Waals surface area (Å²) in [7, 11) is 0. The van der Waals surface area contributed by atoms with Crippen molar-refractivity contribution in [1.29, 1.82) is 0 Å². The molecule has 0 aliphatic rings. The van der Waals surface area contributed by atoms with Gasteiger partial charge in [0.15, 0.2) is 0 Å². The minimum absolute atomic E-state index is 0. The first-order valence-corrected chi connectivity index (χ1v) is 8.18. The Morgan fingerprint density at radius 2 is 1.33 bits per heavy atom. The third-order valence-corrected chi connectivity index (χ3v) is 3.38. The second-order valence-corrected chi connectivity index (χ2v) is 5.43. The molecule has 0 aliphatic heterocycles. The van der Waals surface area contributed by atoms with E-state index in [2.05, 4.69) is 30.9 Å². The van der Waals surface area contributed by atoms with E-state index < -0.39 is 0 Å². The van der Waals surface area contributed by atoms with Crippen molar-refractivity contribution >= 4 is 41.6 Å². The van der Waals surface area contributed by atoms with Gasteiger partial charge in [0, 0.05) is 24.5 Å². The highest BCUT2D eigenvalue weighted by molar-refractivity contribution is 5.85. The number of hydrogen-bond donors (Lipinski definition) is 4. The molecular formula is C18H20ClFN6O. The van der Waals surface area contributed by atoms with E-state index in [-0.39, 0.29) is 24.8 Å². The Kier molecular flexibility index (Phi) is 7.72. The van der Waals surface area contributed by atoms with Crippen molar-refractivity contribution in [3.63, 3.8) is 0 Å². The number of aliphatic hydroxyl groups excluding tert-OH is 1. The Morgan fingerprint density at radius 3 is 1.93 bits per heavy atom. The van der Waals surface area contributed by atoms with E-state index in [9.17, 15) is 4.39 Å². The topological polar surface area (TPSA) is 95.0 Å². The van der Waals surface area contributed by atoms with E-state index >= 15 is 0 Å². The van der Waals surface area contributed by atoms with E-state index in [0.717, 1.165) is 5.69 Å². The van der Waals surface area contributed by atoms with E-state index in [1.54, 1.807) is 12.1 Å². The number of halogens is 2. The molecule has 142 valence electrons. The molecule has 9 heteroatoms. The lowest BCUT2D eigenvalue weighted by Gasteiger charge is -2.11. The summed E-state index contributed by atoms with van der Waals surface area (Å²) in [5.74, 6) is 0.735. The van der Waals surface area contributed by atoms with E-state index in [4.69, 9.17) is 5.11 Å². The molecule has 0 atom stereocenters. The number of para-hydroxylation sites is 1. The number of nitrogens with one attached hydrogen (secondary N) is 3. The summed E-state index contributed by atoms with van der Waals surface area (Å²) in [5.41, 5.74) is 1.50. The highest BCUT2D eigenvalue weighted by Crippen LogP contribution is 2.18. The van der Waals surface area contributed by atoms with Crippen LogP contribution in [-0.2, 0) is 0 Å². The fourth-order valence-electron chi connectivity index (χ4n) is 2.16. The lowest BCUT2D eigenvalue weighted by atomic mass is 10.3. The number of rotatable bonds is 8. The molecule has 2 aromatic carbocycles. The van der Waals surface area contributed by atoms with Gasteiger partial charge in [0.05, 0.1) is 0 Å². The molecular weight excluding hydrogens is 371 g/mol. The van der Waals surface area contributed by atoms with Gasteiger partial charge < -0.3 is 21.1 Å². The molecule has 0 saturated heterocycles. The summed E-state index contributed by atoms with van der Waals surface area (Å²) in [5, 5.41) is 18.1. The summed E-state index contributed by atoms with van der Waals surface area (Å²) in [6.45, 7) is 0.606. The van der Waals surface area contributed by atoms with Gasteiger partial charge in [-0.3, -0.25) is 0 Å². The molecule has 1 aromatic heterocycles. The van der Waals surface area contributed by atoms with Gasteiger partial charge in [-0.2, -0.15) is 15.0 Å². The van der Waals surface area contributed by atoms with E-state index in [1.165, 1.54) is 12.1 Å². The molecule has 4 N–H and O–H groups in total. The minimum Gasteiger partial charge on any atom is -0.396 e. The molecule has 0 spiro atoms. The first-order chi connectivity index (χ1) is 12.7. The van der Waals surface area contributed by atoms with Crippen molar-refractivity contribution in [3.8, 4) is 0 Å². The molecule has 0 saturated carbocycles. The summed E-state index contributed by atoms with van der Waals surface area (Å²) >= 11 is 0. The van der Waals surface area contributed by atoms with Crippen molar-refractivity contribution in [1.82, 2.24) is 15.0 Å². The Bertz CT molecular complexity index is 835. The average Bonchev–Trinajstić information content (AvgIpc) is 2.65. The van der Waals surface area contributed by atoms with Crippen LogP contribution in [-0.4, -0.2) is 33.2 Å². The number of aliphatic hydroxyl groups is 1. The SMILES string of the molecule is Cl.OCCCNc1nc(Nc2ccccc2)nc(Nc2ccc(F)cc2)n1. The van der Waals surface area contributed by atoms with Crippen molar-refractivity contribution in [2.75, 3.05) is 29.1 Å². The van der Waals surface area contributed by atoms with Crippen LogP contribution in [0.3, 0.4) is 0 Å². The second-order valence-electron chi connectivity index (χ2n) is 5.43. The molecule has 0 unspecified atom stereocenters. The van der Waals surface area contributed by atoms with Crippen LogP contribution in [0.5, 0.6) is 0 Å². The predicted molar refractivity (Wildman–Crippen MR) is 107 cm³/mol. The van der Waals surface area contributed by atoms with Crippen molar-refractivity contribution < 1.29 is 9.50 Å². The first kappa shape index (κ1) is 20.3. The zero-order chi connectivity index (χ0) is 18.2. The Hall–Kier alpha value is -2.97. The van der Waals surface area contributed by atoms with Gasteiger partial charge in [-0.15, -0.1) is 12.4 Å². The first-order valence-electron chi connectivity index (χ1n) is 8.18. The van der Waals surface area contributed by atoms with Crippen LogP contribution in [0.25, 0.3) is 0 Å². The average molecular weight is 391 g/mol. The summed E-state index contributed by atoms with van der Waals surface area (Å²) in [6, 6.07) is 15.4. The Morgan fingerprint density at radius 1 is 0.778 bits per heavy atom. The lowest BCUT2D eigenvalue weighted by Crippen LogP contribution is -2.11. The maximum absolute atomic E-state index is 13.1. The van der Waals surface area contributed by atoms with Crippen LogP contribution in [0.2, 0.25) is 0 Å². The van der Waals surface area contributed by atoms with Crippen LogP contribution in [0.1, 0.15) is 6.42 Å². The molecule has 0 radical (unpaired) electrons. The molecule has 7 nitrogen and oxygen atoms in total. The second kappa shape index (κ2) is 10.2. The molecule has 0 bridgehead atoms. The maximum Gasteiger partial charge on any atom is 0.233 e. The third kappa shape index (κ3) is 6.36. The van der Waals surface area contributed by atoms with Crippen LogP contribution in [0, 0.1) is 5.82 Å². The van der Waals surface area contributed by atoms with Crippen LogP contribution >= 0.6 is 12.4 Å². The van der Waals surface area contributed by atoms with Crippen LogP contribution in [0.15, 0.2) is 54.6 Å². The Labute approximate surface area is 162 Å². The fraction of sp³-hybridized carbons (Fsp3) is 0.167. The fourth-order valence-corrected chi connectivity index (χ4v) is 2.16. The van der Waals surface area contributed by atoms with Crippen molar-refractivity contribution in [3.05, 3.63) is 60.4 Å². The Balaban J connectivity index is 0.00000261. The smallest absolute Gasteiger partial charge is 0.233 e. The molecule has 3 rings (SSSR count). The van der Waals surface area contributed by atoms with Gasteiger partial charge in [0.2, 0.25) is 17.8 Å². The zero-order valence-electron chi connectivity index (χ0n) is 14.4. The predicted octanol–water partition coefficient (Wildman–Crippen LogP) is 3.71. The molecule has 0 amide bonds. The third-order valence-electron chi connectivity index (χ3n) is 3.38. The molecule has 0 fully saturated rings. The standard InChI is InChI=1S/C18H19FN6O.ClH/c19-13-7-9-15(10-8-13)22-18-24-16(20-11-4-12-26)23-17(25-18)21-14-5-2-1-3-6-14;/h1-3,5-10,26H,4,11-12H2,(H3,20,21,22,23,24,25);1H. The highest BCUT2D eigenvalue weighted by atomic mass is 35.5. The minimum atomic E-state index is -0.316. The van der Waals surface area contributed by atoms with E-state index in [0.29, 0.717) is 36.5 Å². The lowest BCUT2D eigenvalue weighted by molar-refractivity contribution is 0.292.